The van der Waals surface area contributed by atoms with Gasteiger partial charge in [-0.3, -0.25) is 14.5 Å². The molecule has 180 valence electrons. The minimum absolute atomic E-state index is 0.424. The number of hydrogen-bond donors (Lipinski definition) is 2. The third-order valence-corrected chi connectivity index (χ3v) is 6.31. The molecule has 4 aromatic carbocycles. The van der Waals surface area contributed by atoms with Crippen molar-refractivity contribution in [2.45, 2.75) is 19.4 Å². The van der Waals surface area contributed by atoms with Crippen molar-refractivity contribution >= 4 is 34.3 Å². The Morgan fingerprint density at radius 3 is 2.39 bits per heavy atom. The predicted molar refractivity (Wildman–Crippen MR) is 138 cm³/mol. The molecule has 7 heteroatoms. The number of carbonyl (C=O) groups excluding carboxylic acids is 3. The van der Waals surface area contributed by atoms with Crippen LogP contribution in [0.25, 0.3) is 10.8 Å². The van der Waals surface area contributed by atoms with Gasteiger partial charge in [-0.1, -0.05) is 66.2 Å². The van der Waals surface area contributed by atoms with Gasteiger partial charge in [0.1, 0.15) is 17.8 Å². The van der Waals surface area contributed by atoms with Crippen molar-refractivity contribution in [2.24, 2.45) is 0 Å². The van der Waals surface area contributed by atoms with Crippen LogP contribution in [0, 0.1) is 6.92 Å². The van der Waals surface area contributed by atoms with E-state index >= 15 is 0 Å². The summed E-state index contributed by atoms with van der Waals surface area (Å²) < 4.78 is 5.93. The van der Waals surface area contributed by atoms with Gasteiger partial charge in [-0.05, 0) is 60.5 Å². The van der Waals surface area contributed by atoms with Gasteiger partial charge in [0.2, 0.25) is 5.91 Å². The van der Waals surface area contributed by atoms with E-state index in [-0.39, 0.29) is 0 Å². The molecule has 5 rings (SSSR count). The minimum Gasteiger partial charge on any atom is -0.455 e. The van der Waals surface area contributed by atoms with Gasteiger partial charge in [-0.15, -0.1) is 0 Å². The van der Waals surface area contributed by atoms with E-state index in [0.717, 1.165) is 21.2 Å². The zero-order chi connectivity index (χ0) is 25.3. The molecule has 0 saturated carbocycles. The second-order valence-electron chi connectivity index (χ2n) is 8.97. The second-order valence-corrected chi connectivity index (χ2v) is 8.97. The van der Waals surface area contributed by atoms with E-state index in [1.165, 1.54) is 0 Å². The number of hydrogen-bond acceptors (Lipinski definition) is 4. The van der Waals surface area contributed by atoms with E-state index < -0.39 is 29.9 Å². The number of benzene rings is 4. The normalized spacial score (nSPS) is 17.2. The fourth-order valence-electron chi connectivity index (χ4n) is 4.26. The lowest BCUT2D eigenvalue weighted by molar-refractivity contribution is -0.133. The van der Waals surface area contributed by atoms with Crippen molar-refractivity contribution in [1.29, 1.82) is 0 Å². The van der Waals surface area contributed by atoms with E-state index in [1.54, 1.807) is 31.2 Å². The number of fused-ring (bicyclic) bond motifs is 1. The number of carbonyl (C=O) groups is 3. The topological polar surface area (TPSA) is 87.7 Å². The molecule has 4 aromatic rings. The molecule has 4 amide bonds. The molecular formula is C29H25N3O4. The fraction of sp³-hybridized carbons (Fsp3) is 0.138. The lowest BCUT2D eigenvalue weighted by Gasteiger charge is -2.22. The summed E-state index contributed by atoms with van der Waals surface area (Å²) in [7, 11) is 0. The Morgan fingerprint density at radius 2 is 1.61 bits per heavy atom. The Labute approximate surface area is 208 Å². The summed E-state index contributed by atoms with van der Waals surface area (Å²) in [6.07, 6.45) is 0. The molecule has 36 heavy (non-hydrogen) atoms. The zero-order valence-electron chi connectivity index (χ0n) is 19.9. The van der Waals surface area contributed by atoms with Crippen LogP contribution < -0.4 is 15.4 Å². The number of para-hydroxylation sites is 2. The van der Waals surface area contributed by atoms with Gasteiger partial charge in [0.25, 0.3) is 5.91 Å². The molecule has 0 spiro atoms. The van der Waals surface area contributed by atoms with E-state index in [1.807, 2.05) is 73.7 Å². The van der Waals surface area contributed by atoms with Crippen molar-refractivity contribution in [2.75, 3.05) is 11.9 Å². The Morgan fingerprint density at radius 1 is 0.917 bits per heavy atom. The first-order valence-corrected chi connectivity index (χ1v) is 11.6. The zero-order valence-corrected chi connectivity index (χ0v) is 19.9. The first kappa shape index (κ1) is 23.1. The molecule has 1 fully saturated rings. The van der Waals surface area contributed by atoms with Gasteiger partial charge < -0.3 is 15.4 Å². The molecule has 1 unspecified atom stereocenters. The van der Waals surface area contributed by atoms with Gasteiger partial charge in [0, 0.05) is 0 Å². The summed E-state index contributed by atoms with van der Waals surface area (Å²) in [4.78, 5) is 39.9. The molecule has 0 aliphatic carbocycles. The first-order chi connectivity index (χ1) is 17.3. The number of nitrogens with one attached hydrogen (secondary N) is 2. The molecule has 1 atom stereocenters. The highest BCUT2D eigenvalue weighted by Gasteiger charge is 2.49. The second kappa shape index (κ2) is 9.19. The summed E-state index contributed by atoms with van der Waals surface area (Å²) in [6, 6.07) is 27.3. The highest BCUT2D eigenvalue weighted by atomic mass is 16.5. The average molecular weight is 480 g/mol. The van der Waals surface area contributed by atoms with Crippen LogP contribution >= 0.6 is 0 Å². The average Bonchev–Trinajstić information content (AvgIpc) is 3.10. The number of amides is 4. The van der Waals surface area contributed by atoms with Crippen LogP contribution in [0.15, 0.2) is 91.0 Å². The Balaban J connectivity index is 1.31. The van der Waals surface area contributed by atoms with Crippen LogP contribution in [-0.2, 0) is 15.1 Å². The molecule has 1 saturated heterocycles. The summed E-state index contributed by atoms with van der Waals surface area (Å²) in [5.41, 5.74) is 0.924. The predicted octanol–water partition coefficient (Wildman–Crippen LogP) is 5.35. The first-order valence-electron chi connectivity index (χ1n) is 11.6. The maximum atomic E-state index is 13.3. The van der Waals surface area contributed by atoms with Crippen LogP contribution in [0.4, 0.5) is 10.5 Å². The summed E-state index contributed by atoms with van der Waals surface area (Å²) >= 11 is 0. The van der Waals surface area contributed by atoms with Crippen molar-refractivity contribution < 1.29 is 19.1 Å². The molecular weight excluding hydrogens is 454 g/mol. The SMILES string of the molecule is Cc1ccc(Oc2ccccc2NC(=O)CN2C(=O)NC(C)(c3ccc4ccccc4c3)C2=O)cc1. The third-order valence-electron chi connectivity index (χ3n) is 6.31. The molecule has 1 aliphatic rings. The van der Waals surface area contributed by atoms with Gasteiger partial charge in [-0.2, -0.15) is 0 Å². The molecule has 0 aromatic heterocycles. The quantitative estimate of drug-likeness (QED) is 0.365. The third kappa shape index (κ3) is 4.38. The Bertz CT molecular complexity index is 1480. The van der Waals surface area contributed by atoms with E-state index in [4.69, 9.17) is 4.74 Å². The molecule has 0 radical (unpaired) electrons. The lowest BCUT2D eigenvalue weighted by atomic mass is 9.90. The van der Waals surface area contributed by atoms with E-state index in [2.05, 4.69) is 10.6 Å². The number of aryl methyl sites for hydroxylation is 1. The van der Waals surface area contributed by atoms with Gasteiger partial charge in [0.05, 0.1) is 5.69 Å². The van der Waals surface area contributed by atoms with Gasteiger partial charge in [-0.25, -0.2) is 4.79 Å². The van der Waals surface area contributed by atoms with Gasteiger partial charge >= 0.3 is 6.03 Å². The highest BCUT2D eigenvalue weighted by Crippen LogP contribution is 2.32. The maximum Gasteiger partial charge on any atom is 0.325 e. The number of imide groups is 1. The van der Waals surface area contributed by atoms with Crippen molar-refractivity contribution in [3.63, 3.8) is 0 Å². The highest BCUT2D eigenvalue weighted by molar-refractivity contribution is 6.10. The van der Waals surface area contributed by atoms with Crippen molar-refractivity contribution in [1.82, 2.24) is 10.2 Å². The van der Waals surface area contributed by atoms with Crippen molar-refractivity contribution in [3.8, 4) is 11.5 Å². The summed E-state index contributed by atoms with van der Waals surface area (Å²) in [5, 5.41) is 7.52. The maximum absolute atomic E-state index is 13.3. The van der Waals surface area contributed by atoms with Crippen LogP contribution in [-0.4, -0.2) is 29.3 Å². The van der Waals surface area contributed by atoms with E-state index in [0.29, 0.717) is 22.7 Å². The van der Waals surface area contributed by atoms with Gasteiger partial charge in [0.15, 0.2) is 5.75 Å². The smallest absolute Gasteiger partial charge is 0.325 e. The van der Waals surface area contributed by atoms with E-state index in [9.17, 15) is 14.4 Å². The molecule has 0 bridgehead atoms. The number of urea groups is 1. The Hall–Kier alpha value is -4.65. The minimum atomic E-state index is -1.27. The number of ether oxygens (including phenoxy) is 1. The van der Waals surface area contributed by atoms with Crippen LogP contribution in [0.1, 0.15) is 18.1 Å². The molecule has 7 nitrogen and oxygen atoms in total. The molecule has 1 aliphatic heterocycles. The van der Waals surface area contributed by atoms with Crippen molar-refractivity contribution in [3.05, 3.63) is 102 Å². The van der Waals surface area contributed by atoms with Crippen LogP contribution in [0.3, 0.4) is 0 Å². The Kier molecular flexibility index (Phi) is 5.90. The fourth-order valence-corrected chi connectivity index (χ4v) is 4.26. The monoisotopic (exact) mass is 479 g/mol. The lowest BCUT2D eigenvalue weighted by Crippen LogP contribution is -2.42. The largest absolute Gasteiger partial charge is 0.455 e. The van der Waals surface area contributed by atoms with Crippen LogP contribution in [0.5, 0.6) is 11.5 Å². The van der Waals surface area contributed by atoms with Crippen LogP contribution in [0.2, 0.25) is 0 Å². The number of rotatable bonds is 6. The molecule has 2 N–H and O–H groups in total. The summed E-state index contributed by atoms with van der Waals surface area (Å²) in [6.45, 7) is 3.21. The standard InChI is InChI=1S/C29H25N3O4/c1-19-11-15-23(16-12-19)36-25-10-6-5-9-24(25)30-26(33)18-32-27(34)29(2,31-28(32)35)22-14-13-20-7-3-4-8-21(20)17-22/h3-17H,18H2,1-2H3,(H,30,33)(H,31,35). The number of anilines is 1. The molecule has 1 heterocycles. The summed E-state index contributed by atoms with van der Waals surface area (Å²) in [5.74, 6) is 0.0822. The number of nitrogens with zero attached hydrogens (tertiary/aromatic N) is 1.